The third-order valence-corrected chi connectivity index (χ3v) is 3.29. The van der Waals surface area contributed by atoms with Crippen molar-refractivity contribution < 1.29 is 4.74 Å². The van der Waals surface area contributed by atoms with Gasteiger partial charge in [0.05, 0.1) is 18.2 Å². The lowest BCUT2D eigenvalue weighted by atomic mass is 10.2. The second-order valence-corrected chi connectivity index (χ2v) is 4.68. The van der Waals surface area contributed by atoms with Crippen molar-refractivity contribution in [3.8, 4) is 11.8 Å². The molecular formula is C13H17NOS. The zero-order valence-electron chi connectivity index (χ0n) is 9.61. The van der Waals surface area contributed by atoms with Crippen LogP contribution < -0.4 is 4.74 Å². The third kappa shape index (κ3) is 5.09. The molecule has 0 amide bonds. The molecule has 0 heterocycles. The van der Waals surface area contributed by atoms with Gasteiger partial charge in [-0.2, -0.15) is 17.0 Å². The lowest BCUT2D eigenvalue weighted by molar-refractivity contribution is 0.318. The van der Waals surface area contributed by atoms with E-state index < -0.39 is 0 Å². The average Bonchev–Trinajstić information content (AvgIpc) is 2.34. The van der Waals surface area contributed by atoms with Gasteiger partial charge in [-0.25, -0.2) is 0 Å². The van der Waals surface area contributed by atoms with E-state index in [4.69, 9.17) is 10.00 Å². The van der Waals surface area contributed by atoms with Crippen molar-refractivity contribution in [2.24, 2.45) is 0 Å². The fourth-order valence-corrected chi connectivity index (χ4v) is 2.07. The van der Waals surface area contributed by atoms with Gasteiger partial charge in [-0.05, 0) is 42.5 Å². The summed E-state index contributed by atoms with van der Waals surface area (Å²) in [5.41, 5.74) is 0.651. The van der Waals surface area contributed by atoms with Crippen LogP contribution in [0.3, 0.4) is 0 Å². The molecule has 1 aromatic carbocycles. The number of ether oxygens (including phenoxy) is 1. The first-order valence-electron chi connectivity index (χ1n) is 5.57. The Morgan fingerprint density at radius 2 is 2.25 bits per heavy atom. The van der Waals surface area contributed by atoms with E-state index in [9.17, 15) is 0 Å². The topological polar surface area (TPSA) is 33.0 Å². The van der Waals surface area contributed by atoms with Crippen molar-refractivity contribution in [3.05, 3.63) is 29.8 Å². The van der Waals surface area contributed by atoms with Gasteiger partial charge < -0.3 is 4.74 Å². The predicted molar refractivity (Wildman–Crippen MR) is 68.9 cm³/mol. The zero-order valence-corrected chi connectivity index (χ0v) is 10.4. The molecule has 0 N–H and O–H groups in total. The molecule has 0 aliphatic carbocycles. The molecule has 0 aliphatic rings. The largest absolute Gasteiger partial charge is 0.494 e. The Labute approximate surface area is 102 Å². The van der Waals surface area contributed by atoms with Gasteiger partial charge >= 0.3 is 0 Å². The summed E-state index contributed by atoms with van der Waals surface area (Å²) in [7, 11) is 0. The van der Waals surface area contributed by atoms with E-state index in [1.807, 2.05) is 23.9 Å². The van der Waals surface area contributed by atoms with E-state index >= 15 is 0 Å². The van der Waals surface area contributed by atoms with E-state index in [1.165, 1.54) is 12.2 Å². The van der Waals surface area contributed by atoms with Crippen LogP contribution in [0.1, 0.15) is 25.3 Å². The van der Waals surface area contributed by atoms with Crippen LogP contribution in [0.25, 0.3) is 0 Å². The predicted octanol–water partition coefficient (Wildman–Crippen LogP) is 3.47. The molecule has 2 nitrogen and oxygen atoms in total. The van der Waals surface area contributed by atoms with Crippen molar-refractivity contribution in [2.45, 2.75) is 19.8 Å². The molecule has 0 saturated heterocycles. The number of benzene rings is 1. The van der Waals surface area contributed by atoms with Crippen LogP contribution in [0.2, 0.25) is 0 Å². The number of nitrogens with zero attached hydrogens (tertiary/aromatic N) is 1. The second-order valence-electron chi connectivity index (χ2n) is 3.45. The minimum Gasteiger partial charge on any atom is -0.494 e. The monoisotopic (exact) mass is 235 g/mol. The smallest absolute Gasteiger partial charge is 0.120 e. The summed E-state index contributed by atoms with van der Waals surface area (Å²) in [6.07, 6.45) is 2.29. The van der Waals surface area contributed by atoms with E-state index in [1.54, 1.807) is 12.1 Å². The Bertz CT molecular complexity index is 346. The Kier molecular flexibility index (Phi) is 6.52. The molecule has 0 bridgehead atoms. The Morgan fingerprint density at radius 1 is 1.38 bits per heavy atom. The van der Waals surface area contributed by atoms with E-state index in [2.05, 4.69) is 13.0 Å². The lowest BCUT2D eigenvalue weighted by Gasteiger charge is -2.05. The van der Waals surface area contributed by atoms with Gasteiger partial charge in [0.25, 0.3) is 0 Å². The SMILES string of the molecule is CCCSCCCOc1cccc(C#N)c1. The highest BCUT2D eigenvalue weighted by Gasteiger charge is 1.96. The quantitative estimate of drug-likeness (QED) is 0.678. The van der Waals surface area contributed by atoms with Crippen molar-refractivity contribution >= 4 is 11.8 Å². The van der Waals surface area contributed by atoms with Crippen LogP contribution in [-0.4, -0.2) is 18.1 Å². The van der Waals surface area contributed by atoms with Crippen molar-refractivity contribution in [1.82, 2.24) is 0 Å². The molecule has 0 aliphatic heterocycles. The van der Waals surface area contributed by atoms with Crippen LogP contribution in [-0.2, 0) is 0 Å². The summed E-state index contributed by atoms with van der Waals surface area (Å²) < 4.78 is 5.56. The Hall–Kier alpha value is -1.14. The summed E-state index contributed by atoms with van der Waals surface area (Å²) in [6, 6.07) is 9.40. The van der Waals surface area contributed by atoms with Gasteiger partial charge in [0.1, 0.15) is 5.75 Å². The lowest BCUT2D eigenvalue weighted by Crippen LogP contribution is -1.99. The van der Waals surface area contributed by atoms with E-state index in [-0.39, 0.29) is 0 Å². The molecular weight excluding hydrogens is 218 g/mol. The maximum atomic E-state index is 8.72. The Balaban J connectivity index is 2.19. The van der Waals surface area contributed by atoms with Gasteiger partial charge in [-0.3, -0.25) is 0 Å². The highest BCUT2D eigenvalue weighted by molar-refractivity contribution is 7.99. The standard InChI is InChI=1S/C13H17NOS/c1-2-8-16-9-4-7-15-13-6-3-5-12(10-13)11-14/h3,5-6,10H,2,4,7-9H2,1H3. The molecule has 86 valence electrons. The van der Waals surface area contributed by atoms with Gasteiger partial charge in [0.15, 0.2) is 0 Å². The van der Waals surface area contributed by atoms with Gasteiger partial charge in [-0.1, -0.05) is 13.0 Å². The van der Waals surface area contributed by atoms with E-state index in [0.717, 1.165) is 24.5 Å². The number of rotatable bonds is 7. The first-order valence-corrected chi connectivity index (χ1v) is 6.73. The van der Waals surface area contributed by atoms with Crippen LogP contribution in [0, 0.1) is 11.3 Å². The molecule has 0 spiro atoms. The number of thioether (sulfide) groups is 1. The number of hydrogen-bond acceptors (Lipinski definition) is 3. The van der Waals surface area contributed by atoms with Crippen LogP contribution >= 0.6 is 11.8 Å². The molecule has 0 fully saturated rings. The number of nitriles is 1. The Morgan fingerprint density at radius 3 is 3.00 bits per heavy atom. The highest BCUT2D eigenvalue weighted by Crippen LogP contribution is 2.13. The fraction of sp³-hybridized carbons (Fsp3) is 0.462. The van der Waals surface area contributed by atoms with Crippen LogP contribution in [0.5, 0.6) is 5.75 Å². The summed E-state index contributed by atoms with van der Waals surface area (Å²) >= 11 is 1.96. The third-order valence-electron chi connectivity index (χ3n) is 2.01. The highest BCUT2D eigenvalue weighted by atomic mass is 32.2. The molecule has 0 unspecified atom stereocenters. The number of hydrogen-bond donors (Lipinski definition) is 0. The maximum Gasteiger partial charge on any atom is 0.120 e. The molecule has 16 heavy (non-hydrogen) atoms. The molecule has 0 saturated carbocycles. The molecule has 1 rings (SSSR count). The summed E-state index contributed by atoms with van der Waals surface area (Å²) in [5.74, 6) is 3.16. The van der Waals surface area contributed by atoms with Crippen molar-refractivity contribution in [3.63, 3.8) is 0 Å². The molecule has 1 aromatic rings. The minimum atomic E-state index is 0.651. The van der Waals surface area contributed by atoms with E-state index in [0.29, 0.717) is 5.56 Å². The summed E-state index contributed by atoms with van der Waals surface area (Å²) in [4.78, 5) is 0. The fourth-order valence-electron chi connectivity index (χ4n) is 1.25. The normalized spacial score (nSPS) is 9.75. The second kappa shape index (κ2) is 8.06. The molecule has 3 heteroatoms. The molecule has 0 atom stereocenters. The first kappa shape index (κ1) is 12.9. The molecule has 0 aromatic heterocycles. The summed E-state index contributed by atoms with van der Waals surface area (Å²) in [5, 5.41) is 8.72. The van der Waals surface area contributed by atoms with Crippen LogP contribution in [0.15, 0.2) is 24.3 Å². The van der Waals surface area contributed by atoms with Crippen LogP contribution in [0.4, 0.5) is 0 Å². The summed E-state index contributed by atoms with van der Waals surface area (Å²) in [6.45, 7) is 2.92. The average molecular weight is 235 g/mol. The zero-order chi connectivity index (χ0) is 11.6. The van der Waals surface area contributed by atoms with Crippen molar-refractivity contribution in [2.75, 3.05) is 18.1 Å². The maximum absolute atomic E-state index is 8.72. The first-order chi connectivity index (χ1) is 7.86. The van der Waals surface area contributed by atoms with Gasteiger partial charge in [0.2, 0.25) is 0 Å². The van der Waals surface area contributed by atoms with Gasteiger partial charge in [-0.15, -0.1) is 0 Å². The molecule has 0 radical (unpaired) electrons. The minimum absolute atomic E-state index is 0.651. The van der Waals surface area contributed by atoms with Gasteiger partial charge in [0, 0.05) is 0 Å². The van der Waals surface area contributed by atoms with Crippen molar-refractivity contribution in [1.29, 1.82) is 5.26 Å².